The second kappa shape index (κ2) is 10.6. The van der Waals surface area contributed by atoms with Crippen LogP contribution in [-0.2, 0) is 0 Å². The van der Waals surface area contributed by atoms with E-state index in [0.29, 0.717) is 27.4 Å². The van der Waals surface area contributed by atoms with Crippen LogP contribution >= 0.6 is 11.3 Å². The number of anilines is 2. The molecule has 1 heterocycles. The number of nitrogens with one attached hydrogen (secondary N) is 3. The lowest BCUT2D eigenvalue weighted by atomic mass is 10.1. The van der Waals surface area contributed by atoms with Crippen molar-refractivity contribution in [2.45, 2.75) is 13.0 Å². The molecule has 3 amide bonds. The lowest BCUT2D eigenvalue weighted by molar-refractivity contribution is 0.0940. The van der Waals surface area contributed by atoms with Crippen molar-refractivity contribution in [3.8, 4) is 0 Å². The fraction of sp³-hybridized carbons (Fsp3) is 0.0741. The van der Waals surface area contributed by atoms with Crippen molar-refractivity contribution in [2.24, 2.45) is 0 Å². The summed E-state index contributed by atoms with van der Waals surface area (Å²) in [6.07, 6.45) is 0. The number of para-hydroxylation sites is 1. The van der Waals surface area contributed by atoms with Gasteiger partial charge in [-0.2, -0.15) is 0 Å². The largest absolute Gasteiger partial charge is 0.345 e. The predicted octanol–water partition coefficient (Wildman–Crippen LogP) is 5.74. The Morgan fingerprint density at radius 3 is 2.26 bits per heavy atom. The molecule has 1 aromatic heterocycles. The summed E-state index contributed by atoms with van der Waals surface area (Å²) in [5.74, 6) is -0.907. The van der Waals surface area contributed by atoms with Gasteiger partial charge in [-0.05, 0) is 54.3 Å². The number of hydrogen-bond donors (Lipinski definition) is 3. The zero-order chi connectivity index (χ0) is 23.9. The molecule has 1 unspecified atom stereocenters. The molecule has 3 aromatic carbocycles. The van der Waals surface area contributed by atoms with E-state index in [1.807, 2.05) is 42.6 Å². The summed E-state index contributed by atoms with van der Waals surface area (Å²) in [6, 6.07) is 26.5. The van der Waals surface area contributed by atoms with Gasteiger partial charge in [0.2, 0.25) is 0 Å². The van der Waals surface area contributed by atoms with Crippen LogP contribution in [0.1, 0.15) is 48.9 Å². The van der Waals surface area contributed by atoms with Crippen molar-refractivity contribution in [3.63, 3.8) is 0 Å². The molecule has 0 fully saturated rings. The Kier molecular flexibility index (Phi) is 7.15. The molecule has 6 nitrogen and oxygen atoms in total. The normalized spacial score (nSPS) is 11.3. The smallest absolute Gasteiger partial charge is 0.265 e. The standard InChI is InChI=1S/C27H23N3O3S/c1-18(19-9-3-2-4-10-19)28-26(32)22-13-5-6-14-23(22)30-25(31)20-11-7-12-21(17-20)29-27(33)24-15-8-16-34-24/h2-18H,1H3,(H,28,32)(H,29,33)(H,30,31). The molecule has 0 saturated carbocycles. The Bertz CT molecular complexity index is 1300. The molecule has 0 aliphatic rings. The second-order valence-corrected chi connectivity index (χ2v) is 8.57. The minimum Gasteiger partial charge on any atom is -0.345 e. The fourth-order valence-corrected chi connectivity index (χ4v) is 4.04. The maximum absolute atomic E-state index is 12.9. The molecule has 0 spiro atoms. The fourth-order valence-electron chi connectivity index (χ4n) is 3.42. The van der Waals surface area contributed by atoms with Crippen LogP contribution in [0.5, 0.6) is 0 Å². The summed E-state index contributed by atoms with van der Waals surface area (Å²) in [4.78, 5) is 38.8. The first kappa shape index (κ1) is 22.9. The van der Waals surface area contributed by atoms with Crippen LogP contribution < -0.4 is 16.0 Å². The first-order valence-electron chi connectivity index (χ1n) is 10.7. The van der Waals surface area contributed by atoms with Crippen molar-refractivity contribution < 1.29 is 14.4 Å². The first-order chi connectivity index (χ1) is 16.5. The summed E-state index contributed by atoms with van der Waals surface area (Å²) in [5, 5.41) is 10.4. The Labute approximate surface area is 201 Å². The number of hydrogen-bond acceptors (Lipinski definition) is 4. The minimum absolute atomic E-state index is 0.193. The van der Waals surface area contributed by atoms with Gasteiger partial charge in [-0.1, -0.05) is 54.6 Å². The molecule has 4 aromatic rings. The van der Waals surface area contributed by atoms with Crippen molar-refractivity contribution in [1.82, 2.24) is 5.32 Å². The van der Waals surface area contributed by atoms with E-state index in [1.54, 1.807) is 60.7 Å². The number of amides is 3. The first-order valence-corrected chi connectivity index (χ1v) is 11.6. The van der Waals surface area contributed by atoms with Gasteiger partial charge in [0.15, 0.2) is 0 Å². The minimum atomic E-state index is -0.386. The van der Waals surface area contributed by atoms with Crippen molar-refractivity contribution in [3.05, 3.63) is 118 Å². The van der Waals surface area contributed by atoms with Gasteiger partial charge in [-0.3, -0.25) is 14.4 Å². The van der Waals surface area contributed by atoms with Crippen LogP contribution in [0, 0.1) is 0 Å². The third-order valence-electron chi connectivity index (χ3n) is 5.19. The van der Waals surface area contributed by atoms with Crippen LogP contribution in [-0.4, -0.2) is 17.7 Å². The van der Waals surface area contributed by atoms with E-state index in [1.165, 1.54) is 11.3 Å². The zero-order valence-electron chi connectivity index (χ0n) is 18.4. The molecule has 0 saturated heterocycles. The zero-order valence-corrected chi connectivity index (χ0v) is 19.3. The summed E-state index contributed by atoms with van der Waals surface area (Å²) in [5.41, 5.74) is 2.61. The topological polar surface area (TPSA) is 87.3 Å². The van der Waals surface area contributed by atoms with Crippen LogP contribution in [0.4, 0.5) is 11.4 Å². The van der Waals surface area contributed by atoms with Crippen LogP contribution in [0.2, 0.25) is 0 Å². The van der Waals surface area contributed by atoms with Crippen molar-refractivity contribution in [2.75, 3.05) is 10.6 Å². The number of carbonyl (C=O) groups is 3. The molecule has 0 aliphatic carbocycles. The van der Waals surface area contributed by atoms with Gasteiger partial charge < -0.3 is 16.0 Å². The third-order valence-corrected chi connectivity index (χ3v) is 6.06. The molecule has 0 aliphatic heterocycles. The van der Waals surface area contributed by atoms with Crippen molar-refractivity contribution in [1.29, 1.82) is 0 Å². The molecule has 170 valence electrons. The summed E-state index contributed by atoms with van der Waals surface area (Å²) in [6.45, 7) is 1.91. The molecule has 34 heavy (non-hydrogen) atoms. The monoisotopic (exact) mass is 469 g/mol. The average molecular weight is 470 g/mol. The van der Waals surface area contributed by atoms with Crippen LogP contribution in [0.3, 0.4) is 0 Å². The second-order valence-electron chi connectivity index (χ2n) is 7.62. The van der Waals surface area contributed by atoms with E-state index in [-0.39, 0.29) is 23.8 Å². The highest BCUT2D eigenvalue weighted by Crippen LogP contribution is 2.20. The highest BCUT2D eigenvalue weighted by Gasteiger charge is 2.17. The van der Waals surface area contributed by atoms with Crippen LogP contribution in [0.15, 0.2) is 96.4 Å². The predicted molar refractivity (Wildman–Crippen MR) is 135 cm³/mol. The third kappa shape index (κ3) is 5.57. The maximum Gasteiger partial charge on any atom is 0.265 e. The van der Waals surface area contributed by atoms with E-state index >= 15 is 0 Å². The summed E-state index contributed by atoms with van der Waals surface area (Å²) >= 11 is 1.34. The van der Waals surface area contributed by atoms with E-state index in [9.17, 15) is 14.4 Å². The number of rotatable bonds is 7. The van der Waals surface area contributed by atoms with E-state index in [4.69, 9.17) is 0 Å². The highest BCUT2D eigenvalue weighted by atomic mass is 32.1. The number of benzene rings is 3. The molecular weight excluding hydrogens is 446 g/mol. The molecule has 4 rings (SSSR count). The van der Waals surface area contributed by atoms with Gasteiger partial charge in [0, 0.05) is 11.3 Å². The van der Waals surface area contributed by atoms with Gasteiger partial charge >= 0.3 is 0 Å². The van der Waals surface area contributed by atoms with E-state index < -0.39 is 0 Å². The quantitative estimate of drug-likeness (QED) is 0.322. The number of carbonyl (C=O) groups excluding carboxylic acids is 3. The Morgan fingerprint density at radius 2 is 1.50 bits per heavy atom. The average Bonchev–Trinajstić information content (AvgIpc) is 3.40. The number of thiophene rings is 1. The van der Waals surface area contributed by atoms with Gasteiger partial charge in [0.1, 0.15) is 0 Å². The molecule has 0 bridgehead atoms. The lowest BCUT2D eigenvalue weighted by Gasteiger charge is -2.16. The molecule has 1 atom stereocenters. The molecular formula is C27H23N3O3S. The Hall–Kier alpha value is -4.23. The molecule has 0 radical (unpaired) electrons. The van der Waals surface area contributed by atoms with Gasteiger partial charge in [0.25, 0.3) is 17.7 Å². The van der Waals surface area contributed by atoms with Gasteiger partial charge in [0.05, 0.1) is 22.2 Å². The SMILES string of the molecule is CC(NC(=O)c1ccccc1NC(=O)c1cccc(NC(=O)c2cccs2)c1)c1ccccc1. The molecule has 7 heteroatoms. The highest BCUT2D eigenvalue weighted by molar-refractivity contribution is 7.12. The van der Waals surface area contributed by atoms with Gasteiger partial charge in [-0.25, -0.2) is 0 Å². The van der Waals surface area contributed by atoms with E-state index in [2.05, 4.69) is 16.0 Å². The summed E-state index contributed by atoms with van der Waals surface area (Å²) in [7, 11) is 0. The Morgan fingerprint density at radius 1 is 0.735 bits per heavy atom. The summed E-state index contributed by atoms with van der Waals surface area (Å²) < 4.78 is 0. The van der Waals surface area contributed by atoms with Crippen LogP contribution in [0.25, 0.3) is 0 Å². The Balaban J connectivity index is 1.46. The maximum atomic E-state index is 12.9. The molecule has 3 N–H and O–H groups in total. The van der Waals surface area contributed by atoms with E-state index in [0.717, 1.165) is 5.56 Å². The van der Waals surface area contributed by atoms with Crippen molar-refractivity contribution >= 4 is 40.4 Å². The lowest BCUT2D eigenvalue weighted by Crippen LogP contribution is -2.28. The van der Waals surface area contributed by atoms with Gasteiger partial charge in [-0.15, -0.1) is 11.3 Å².